The second-order valence-corrected chi connectivity index (χ2v) is 6.68. The third-order valence-electron chi connectivity index (χ3n) is 4.92. The topological polar surface area (TPSA) is 68.3 Å². The molecule has 1 fully saturated rings. The predicted molar refractivity (Wildman–Crippen MR) is 90.3 cm³/mol. The van der Waals surface area contributed by atoms with Crippen LogP contribution in [0.1, 0.15) is 59.3 Å². The smallest absolute Gasteiger partial charge is 0.416 e. The number of rotatable bonds is 4. The molecule has 2 aromatic rings. The Balaban J connectivity index is 1.93. The van der Waals surface area contributed by atoms with E-state index in [9.17, 15) is 18.0 Å². The van der Waals surface area contributed by atoms with Crippen molar-refractivity contribution >= 4 is 5.91 Å². The van der Waals surface area contributed by atoms with Crippen molar-refractivity contribution in [1.82, 2.24) is 5.32 Å². The van der Waals surface area contributed by atoms with E-state index in [0.29, 0.717) is 29.7 Å². The minimum absolute atomic E-state index is 0.173. The zero-order valence-corrected chi connectivity index (χ0v) is 14.2. The van der Waals surface area contributed by atoms with E-state index in [0.717, 1.165) is 31.4 Å². The molecule has 0 radical (unpaired) electrons. The zero-order chi connectivity index (χ0) is 18.8. The number of carbonyl (C=O) groups excluding carboxylic acids is 1. The molecule has 1 saturated carbocycles. The lowest BCUT2D eigenvalue weighted by atomic mass is 9.76. The van der Waals surface area contributed by atoms with Gasteiger partial charge in [0.15, 0.2) is 0 Å². The van der Waals surface area contributed by atoms with Gasteiger partial charge in [-0.15, -0.1) is 0 Å². The normalized spacial score (nSPS) is 17.1. The molecule has 4 nitrogen and oxygen atoms in total. The van der Waals surface area contributed by atoms with Gasteiger partial charge >= 0.3 is 6.18 Å². The average molecular weight is 366 g/mol. The van der Waals surface area contributed by atoms with Gasteiger partial charge < -0.3 is 15.5 Å². The zero-order valence-electron chi connectivity index (χ0n) is 14.2. The van der Waals surface area contributed by atoms with Crippen LogP contribution in [-0.4, -0.2) is 5.91 Å². The van der Waals surface area contributed by atoms with Gasteiger partial charge in [-0.1, -0.05) is 31.4 Å². The fourth-order valence-corrected chi connectivity index (χ4v) is 3.53. The minimum Gasteiger partial charge on any atom is -0.467 e. The van der Waals surface area contributed by atoms with Gasteiger partial charge in [-0.25, -0.2) is 0 Å². The van der Waals surface area contributed by atoms with Crippen LogP contribution in [0.25, 0.3) is 0 Å². The molecule has 0 atom stereocenters. The first-order chi connectivity index (χ1) is 12.3. The van der Waals surface area contributed by atoms with Crippen molar-refractivity contribution in [3.05, 3.63) is 59.0 Å². The van der Waals surface area contributed by atoms with Crippen molar-refractivity contribution in [2.45, 2.75) is 50.4 Å². The van der Waals surface area contributed by atoms with E-state index >= 15 is 0 Å². The number of amides is 1. The SMILES string of the molecule is NCc1cc(C(=O)NC2(c3cccc(C(F)(F)F)c3)CCCCC2)co1. The predicted octanol–water partition coefficient (Wildman–Crippen LogP) is 4.35. The molecule has 0 unspecified atom stereocenters. The van der Waals surface area contributed by atoms with Crippen LogP contribution >= 0.6 is 0 Å². The lowest BCUT2D eigenvalue weighted by molar-refractivity contribution is -0.137. The molecule has 1 aromatic heterocycles. The van der Waals surface area contributed by atoms with Crippen LogP contribution < -0.4 is 11.1 Å². The molecule has 26 heavy (non-hydrogen) atoms. The monoisotopic (exact) mass is 366 g/mol. The molecule has 1 aliphatic rings. The molecule has 1 amide bonds. The highest BCUT2D eigenvalue weighted by atomic mass is 19.4. The number of nitrogens with two attached hydrogens (primary N) is 1. The standard InChI is InChI=1S/C19H21F3N2O2/c20-19(21,22)15-6-4-5-14(10-15)18(7-2-1-3-8-18)24-17(25)13-9-16(11-23)26-12-13/h4-6,9-10,12H,1-3,7-8,11,23H2,(H,24,25). The highest BCUT2D eigenvalue weighted by Crippen LogP contribution is 2.39. The van der Waals surface area contributed by atoms with Crippen LogP contribution in [0, 0.1) is 0 Å². The Bertz CT molecular complexity index is 777. The maximum atomic E-state index is 13.1. The fourth-order valence-electron chi connectivity index (χ4n) is 3.53. The maximum Gasteiger partial charge on any atom is 0.416 e. The second-order valence-electron chi connectivity index (χ2n) is 6.68. The third-order valence-corrected chi connectivity index (χ3v) is 4.92. The van der Waals surface area contributed by atoms with Crippen molar-refractivity contribution < 1.29 is 22.4 Å². The molecule has 1 aliphatic carbocycles. The van der Waals surface area contributed by atoms with Gasteiger partial charge in [0.1, 0.15) is 12.0 Å². The van der Waals surface area contributed by atoms with Crippen LogP contribution in [0.2, 0.25) is 0 Å². The summed E-state index contributed by atoms with van der Waals surface area (Å²) >= 11 is 0. The Morgan fingerprint density at radius 1 is 1.19 bits per heavy atom. The number of benzene rings is 1. The maximum absolute atomic E-state index is 13.1. The lowest BCUT2D eigenvalue weighted by Crippen LogP contribution is -2.47. The Labute approximate surface area is 149 Å². The van der Waals surface area contributed by atoms with E-state index in [4.69, 9.17) is 10.2 Å². The molecule has 0 bridgehead atoms. The minimum atomic E-state index is -4.42. The fraction of sp³-hybridized carbons (Fsp3) is 0.421. The molecule has 140 valence electrons. The van der Waals surface area contributed by atoms with Gasteiger partial charge in [0, 0.05) is 0 Å². The highest BCUT2D eigenvalue weighted by molar-refractivity contribution is 5.94. The molecular weight excluding hydrogens is 345 g/mol. The van der Waals surface area contributed by atoms with Gasteiger partial charge in [0.25, 0.3) is 5.91 Å². The van der Waals surface area contributed by atoms with Crippen LogP contribution in [0.4, 0.5) is 13.2 Å². The molecule has 0 spiro atoms. The number of carbonyl (C=O) groups is 1. The summed E-state index contributed by atoms with van der Waals surface area (Å²) in [7, 11) is 0. The van der Waals surface area contributed by atoms with Crippen LogP contribution in [0.15, 0.2) is 41.0 Å². The molecule has 0 saturated heterocycles. The van der Waals surface area contributed by atoms with E-state index in [1.165, 1.54) is 12.3 Å². The number of furan rings is 1. The molecule has 1 heterocycles. The molecule has 7 heteroatoms. The van der Waals surface area contributed by atoms with E-state index in [2.05, 4.69) is 5.32 Å². The average Bonchev–Trinajstić information content (AvgIpc) is 3.11. The van der Waals surface area contributed by atoms with Gasteiger partial charge in [0.2, 0.25) is 0 Å². The number of nitrogens with one attached hydrogen (secondary N) is 1. The van der Waals surface area contributed by atoms with Crippen molar-refractivity contribution in [2.75, 3.05) is 0 Å². The highest BCUT2D eigenvalue weighted by Gasteiger charge is 2.38. The van der Waals surface area contributed by atoms with Crippen molar-refractivity contribution in [3.8, 4) is 0 Å². The molecule has 1 aromatic carbocycles. The first kappa shape index (κ1) is 18.5. The largest absolute Gasteiger partial charge is 0.467 e. The Morgan fingerprint density at radius 2 is 1.92 bits per heavy atom. The first-order valence-corrected chi connectivity index (χ1v) is 8.62. The Kier molecular flexibility index (Phi) is 5.09. The first-order valence-electron chi connectivity index (χ1n) is 8.62. The molecule has 0 aliphatic heterocycles. The number of alkyl halides is 3. The van der Waals surface area contributed by atoms with Crippen molar-refractivity contribution in [2.24, 2.45) is 5.73 Å². The van der Waals surface area contributed by atoms with Crippen LogP contribution in [0.3, 0.4) is 0 Å². The Morgan fingerprint density at radius 3 is 2.54 bits per heavy atom. The summed E-state index contributed by atoms with van der Waals surface area (Å²) in [6.45, 7) is 0.173. The van der Waals surface area contributed by atoms with E-state index in [1.807, 2.05) is 0 Å². The van der Waals surface area contributed by atoms with Gasteiger partial charge in [-0.2, -0.15) is 13.2 Å². The second kappa shape index (κ2) is 7.15. The quantitative estimate of drug-likeness (QED) is 0.845. The molecule has 3 N–H and O–H groups in total. The van der Waals surface area contributed by atoms with Gasteiger partial charge in [-0.3, -0.25) is 4.79 Å². The van der Waals surface area contributed by atoms with Crippen LogP contribution in [0.5, 0.6) is 0 Å². The molecule has 3 rings (SSSR count). The number of hydrogen-bond donors (Lipinski definition) is 2. The van der Waals surface area contributed by atoms with Crippen molar-refractivity contribution in [3.63, 3.8) is 0 Å². The molecular formula is C19H21F3N2O2. The van der Waals surface area contributed by atoms with E-state index < -0.39 is 17.3 Å². The summed E-state index contributed by atoms with van der Waals surface area (Å²) in [6.07, 6.45) is 0.783. The summed E-state index contributed by atoms with van der Waals surface area (Å²) in [6, 6.07) is 6.79. The third kappa shape index (κ3) is 3.77. The van der Waals surface area contributed by atoms with Gasteiger partial charge in [0.05, 0.1) is 23.2 Å². The van der Waals surface area contributed by atoms with Gasteiger partial charge in [-0.05, 0) is 36.6 Å². The summed E-state index contributed by atoms with van der Waals surface area (Å²) in [4.78, 5) is 12.7. The van der Waals surface area contributed by atoms with E-state index in [1.54, 1.807) is 12.1 Å². The van der Waals surface area contributed by atoms with Crippen molar-refractivity contribution in [1.29, 1.82) is 0 Å². The summed E-state index contributed by atoms with van der Waals surface area (Å²) in [5.41, 5.74) is 4.79. The summed E-state index contributed by atoms with van der Waals surface area (Å²) in [5, 5.41) is 2.97. The lowest BCUT2D eigenvalue weighted by Gasteiger charge is -2.39. The summed E-state index contributed by atoms with van der Waals surface area (Å²) < 4.78 is 44.5. The van der Waals surface area contributed by atoms with E-state index in [-0.39, 0.29) is 12.5 Å². The Hall–Kier alpha value is -2.28. The number of halogens is 3. The number of hydrogen-bond acceptors (Lipinski definition) is 3. The summed E-state index contributed by atoms with van der Waals surface area (Å²) in [5.74, 6) is 0.111. The van der Waals surface area contributed by atoms with Crippen LogP contribution in [-0.2, 0) is 18.3 Å².